The Morgan fingerprint density at radius 3 is 0.723 bits per heavy atom. The van der Waals surface area contributed by atoms with Crippen LogP contribution in [0.4, 0.5) is 0 Å². The molecule has 0 saturated heterocycles. The highest BCUT2D eigenvalue weighted by Crippen LogP contribution is 2.41. The number of aromatic hydroxyl groups is 8. The first-order chi connectivity index (χ1) is 66.2. The number of rotatable bonds is 19. The van der Waals surface area contributed by atoms with Crippen LogP contribution in [0.5, 0.6) is 63.2 Å². The lowest BCUT2D eigenvalue weighted by Gasteiger charge is -2.12. The Balaban J connectivity index is 0.000000161. The Bertz CT molecular complexity index is 7110. The maximum absolute atomic E-state index is 11.8. The van der Waals surface area contributed by atoms with Crippen LogP contribution >= 0.6 is 0 Å². The largest absolute Gasteiger partial charge is 0.507 e. The summed E-state index contributed by atoms with van der Waals surface area (Å²) in [5.74, 6) is 2.99. The van der Waals surface area contributed by atoms with Gasteiger partial charge in [-0.25, -0.2) is 89.2 Å². The molecule has 35 heteroatoms. The molecule has 0 fully saturated rings. The van der Waals surface area contributed by atoms with Gasteiger partial charge in [-0.15, -0.1) is 0 Å². The molecule has 137 heavy (non-hydrogen) atoms. The van der Waals surface area contributed by atoms with E-state index >= 15 is 0 Å². The van der Waals surface area contributed by atoms with Crippen molar-refractivity contribution in [2.45, 2.75) is 13.8 Å². The summed E-state index contributed by atoms with van der Waals surface area (Å²) in [7, 11) is 6.79. The third kappa shape index (κ3) is 24.6. The summed E-state index contributed by atoms with van der Waals surface area (Å²) >= 11 is -0.750. The molecule has 13 aromatic carbocycles. The average molecular weight is 1850 g/mol. The molecule has 0 radical (unpaired) electrons. The van der Waals surface area contributed by atoms with Crippen molar-refractivity contribution in [3.63, 3.8) is 0 Å². The molecule has 4 aromatic heterocycles. The number of nitrogens with one attached hydrogen (secondary N) is 1. The number of nitrogens with zero attached hydrogens (tertiary/aromatic N) is 12. The van der Waals surface area contributed by atoms with Crippen LogP contribution in [0.1, 0.15) is 52.6 Å². The van der Waals surface area contributed by atoms with Gasteiger partial charge in [-0.2, -0.15) is 8.42 Å². The molecule has 684 valence electrons. The number of carbonyl (C=O) groups excluding carboxylic acids is 5. The van der Waals surface area contributed by atoms with Gasteiger partial charge in [-0.3, -0.25) is 0 Å². The number of para-hydroxylation sites is 5. The maximum Gasteiger partial charge on any atom is 0.337 e. The molecule has 0 saturated carbocycles. The normalized spacial score (nSPS) is 10.3. The smallest absolute Gasteiger partial charge is 0.337 e. The van der Waals surface area contributed by atoms with Crippen LogP contribution < -0.4 is 9.47 Å². The SMILES string of the molecule is COC(=O)c1ccc(-c2nc(-c3ccccc3O)nc(-c3cc(OC)ccc3O)n2)cc1.COC(=O)c1ccc(-c2nc(-c3ccccc3O)nc(-c3cc(Oc4ccccc4)ccc3O)n2)cc1.COC(=O)c1ccc(-c2nc(-c3ccccc3O)nc(-c3ccc(C)cc3O)n2)cc1.COC(=O)c1ccc(-c2nc(-c3ccccc3O)nc(-c3ccc(C)cc3O)n2)cc1.N=C=O.O=S=O. The fraction of sp³-hybridized carbons (Fsp3) is 0.0686. The van der Waals surface area contributed by atoms with Gasteiger partial charge in [0.05, 0.1) is 102 Å². The van der Waals surface area contributed by atoms with Crippen LogP contribution in [0.15, 0.2) is 297 Å². The highest BCUT2D eigenvalue weighted by molar-refractivity contribution is 7.51. The third-order valence-electron chi connectivity index (χ3n) is 19.8. The van der Waals surface area contributed by atoms with E-state index in [-0.39, 0.29) is 98.4 Å². The van der Waals surface area contributed by atoms with E-state index in [1.54, 1.807) is 231 Å². The van der Waals surface area contributed by atoms with Crippen molar-refractivity contribution in [3.8, 4) is 200 Å². The molecule has 0 aliphatic rings. The van der Waals surface area contributed by atoms with E-state index in [0.717, 1.165) is 17.2 Å². The van der Waals surface area contributed by atoms with E-state index in [0.29, 0.717) is 124 Å². The van der Waals surface area contributed by atoms with Crippen LogP contribution in [-0.4, -0.2) is 175 Å². The number of hydrogen-bond donors (Lipinski definition) is 9. The fourth-order valence-electron chi connectivity index (χ4n) is 13.0. The van der Waals surface area contributed by atoms with E-state index in [9.17, 15) is 60.0 Å². The van der Waals surface area contributed by atoms with Gasteiger partial charge in [0, 0.05) is 22.3 Å². The number of aromatic nitrogens is 12. The Kier molecular flexibility index (Phi) is 32.6. The highest BCUT2D eigenvalue weighted by Gasteiger charge is 2.24. The van der Waals surface area contributed by atoms with E-state index in [2.05, 4.69) is 59.8 Å². The predicted molar refractivity (Wildman–Crippen MR) is 503 cm³/mol. The number of phenols is 8. The van der Waals surface area contributed by atoms with Gasteiger partial charge in [0.15, 0.2) is 69.9 Å². The van der Waals surface area contributed by atoms with Crippen molar-refractivity contribution in [2.24, 2.45) is 0 Å². The summed E-state index contributed by atoms with van der Waals surface area (Å²) in [6, 6.07) is 82.5. The zero-order valence-electron chi connectivity index (χ0n) is 73.4. The molecule has 0 unspecified atom stereocenters. The molecule has 0 bridgehead atoms. The van der Waals surface area contributed by atoms with Crippen LogP contribution in [0.3, 0.4) is 0 Å². The van der Waals surface area contributed by atoms with Gasteiger partial charge in [-0.05, 0) is 195 Å². The topological polar surface area (TPSA) is 515 Å². The summed E-state index contributed by atoms with van der Waals surface area (Å²) in [4.78, 5) is 110. The molecule has 0 aliphatic heterocycles. The van der Waals surface area contributed by atoms with E-state index < -0.39 is 35.4 Å². The lowest BCUT2D eigenvalue weighted by molar-refractivity contribution is 0.0592. The molecule has 9 N–H and O–H groups in total. The molecule has 17 rings (SSSR count). The summed E-state index contributed by atoms with van der Waals surface area (Å²) in [5, 5.41) is 88.8. The van der Waals surface area contributed by atoms with Gasteiger partial charge in [0.25, 0.3) is 0 Å². The average Bonchev–Trinajstić information content (AvgIpc) is 0.795. The number of ether oxygens (including phenoxy) is 6. The second-order valence-electron chi connectivity index (χ2n) is 28.8. The number of carbonyl (C=O) groups is 4. The quantitative estimate of drug-likeness (QED) is 0.0157. The highest BCUT2D eigenvalue weighted by atomic mass is 32.1. The molecule has 4 heterocycles. The van der Waals surface area contributed by atoms with E-state index in [4.69, 9.17) is 47.0 Å². The predicted octanol–water partition coefficient (Wildman–Crippen LogP) is 17.9. The Labute approximate surface area is 784 Å². The minimum absolute atomic E-state index is 0.00276. The summed E-state index contributed by atoms with van der Waals surface area (Å²) < 4.78 is 46.7. The second kappa shape index (κ2) is 46.0. The molecular formula is C102H79N13O21S. The van der Waals surface area contributed by atoms with E-state index in [1.807, 2.05) is 56.3 Å². The van der Waals surface area contributed by atoms with Crippen molar-refractivity contribution in [1.29, 1.82) is 5.41 Å². The molecule has 0 aliphatic carbocycles. The van der Waals surface area contributed by atoms with Crippen LogP contribution in [0, 0.1) is 19.3 Å². The van der Waals surface area contributed by atoms with Crippen molar-refractivity contribution < 1.29 is 102 Å². The van der Waals surface area contributed by atoms with Crippen molar-refractivity contribution in [1.82, 2.24) is 59.8 Å². The molecule has 0 amide bonds. The second-order valence-corrected chi connectivity index (χ2v) is 28.9. The molecule has 0 spiro atoms. The zero-order chi connectivity index (χ0) is 97.8. The Morgan fingerprint density at radius 1 is 0.255 bits per heavy atom. The van der Waals surface area contributed by atoms with E-state index in [1.165, 1.54) is 59.8 Å². The Morgan fingerprint density at radius 2 is 0.474 bits per heavy atom. The number of esters is 4. The summed E-state index contributed by atoms with van der Waals surface area (Å²) in [6.45, 7) is 3.75. The minimum atomic E-state index is -0.750. The van der Waals surface area contributed by atoms with Crippen LogP contribution in [0.25, 0.3) is 137 Å². The third-order valence-corrected chi connectivity index (χ3v) is 19.8. The number of isocyanates is 1. The van der Waals surface area contributed by atoms with Gasteiger partial charge in [-0.1, -0.05) is 127 Å². The minimum Gasteiger partial charge on any atom is -0.507 e. The summed E-state index contributed by atoms with van der Waals surface area (Å²) in [5.41, 5.74) is 9.08. The van der Waals surface area contributed by atoms with Crippen LogP contribution in [-0.2, 0) is 35.3 Å². The number of methoxy groups -OCH3 is 5. The molecule has 0 atom stereocenters. The Hall–Kier alpha value is -19.0. The number of aryl methyl sites for hydroxylation is 2. The monoisotopic (exact) mass is 1850 g/mol. The first-order valence-corrected chi connectivity index (χ1v) is 41.4. The van der Waals surface area contributed by atoms with Crippen molar-refractivity contribution in [2.75, 3.05) is 35.5 Å². The number of benzene rings is 13. The van der Waals surface area contributed by atoms with Crippen LogP contribution in [0.2, 0.25) is 0 Å². The van der Waals surface area contributed by atoms with Crippen molar-refractivity contribution in [3.05, 3.63) is 331 Å². The first kappa shape index (κ1) is 97.0. The standard InChI is InChI=1S/C29H21N3O5.C24H19N3O5.2C24H19N3O4.CHNO.O2S/c1-36-29(35)19-13-11-18(12-14-19)26-30-27(22-9-5-6-10-24(22)33)32-28(31-26)23-17-21(15-16-25(23)34)37-20-7-3-2-4-8-20;1-31-16-11-12-20(29)18(13-16)23-26-21(14-7-9-15(10-8-14)24(30)32-2)25-22(27-23)17-5-3-4-6-19(17)28;2*1-14-7-12-18(20(29)13-14)23-26-21(15-8-10-16(11-9-15)24(30)31-2)25-22(27-23)17-5-3-4-6-19(17)28;2-1-3;1-3-2/h2-17,33-34H,1H3;3-13,28-29H,1-2H3;2*3-13,28-29H,1-2H3;2H;. The molecular weight excluding hydrogens is 1780 g/mol. The van der Waals surface area contributed by atoms with Crippen molar-refractivity contribution >= 4 is 41.5 Å². The van der Waals surface area contributed by atoms with Gasteiger partial charge in [0.1, 0.15) is 63.2 Å². The lowest BCUT2D eigenvalue weighted by Crippen LogP contribution is -2.02. The maximum atomic E-state index is 11.8. The summed E-state index contributed by atoms with van der Waals surface area (Å²) in [6.07, 6.45) is 0.750. The lowest BCUT2D eigenvalue weighted by atomic mass is 10.1. The first-order valence-electron chi connectivity index (χ1n) is 40.7. The fourth-order valence-corrected chi connectivity index (χ4v) is 13.0. The number of hydrogen-bond acceptors (Lipinski definition) is 34. The van der Waals surface area contributed by atoms with Gasteiger partial charge in [0.2, 0.25) is 6.08 Å². The van der Waals surface area contributed by atoms with Gasteiger partial charge < -0.3 is 69.3 Å². The zero-order valence-corrected chi connectivity index (χ0v) is 74.3. The number of phenolic OH excluding ortho intramolecular Hbond substituents is 8. The molecule has 34 nitrogen and oxygen atoms in total. The molecule has 17 aromatic rings. The van der Waals surface area contributed by atoms with Gasteiger partial charge >= 0.3 is 35.4 Å².